The average molecular weight is 273 g/mol. The lowest BCUT2D eigenvalue weighted by atomic mass is 10.1. The molecule has 2 rings (SSSR count). The molecule has 20 heavy (non-hydrogen) atoms. The largest absolute Gasteiger partial charge is 0.491 e. The summed E-state index contributed by atoms with van der Waals surface area (Å²) in [5.41, 5.74) is 2.28. The smallest absolute Gasteiger partial charge is 0.125 e. The van der Waals surface area contributed by atoms with E-state index in [0.717, 1.165) is 29.2 Å². The quantitative estimate of drug-likeness (QED) is 0.855. The monoisotopic (exact) mass is 273 g/mol. The van der Waals surface area contributed by atoms with Crippen LogP contribution >= 0.6 is 0 Å². The van der Waals surface area contributed by atoms with Crippen molar-refractivity contribution in [3.05, 3.63) is 42.4 Å². The summed E-state index contributed by atoms with van der Waals surface area (Å²) in [6.07, 6.45) is 1.94. The van der Waals surface area contributed by atoms with Gasteiger partial charge in [0.25, 0.3) is 0 Å². The summed E-state index contributed by atoms with van der Waals surface area (Å²) < 4.78 is 11.2. The minimum atomic E-state index is 0.195. The first-order valence-electron chi connectivity index (χ1n) is 7.13. The van der Waals surface area contributed by atoms with Crippen LogP contribution in [0.2, 0.25) is 0 Å². The fourth-order valence-corrected chi connectivity index (χ4v) is 2.02. The van der Waals surface area contributed by atoms with E-state index in [1.54, 1.807) is 6.26 Å². The maximum atomic E-state index is 5.66. The fraction of sp³-hybridized carbons (Fsp3) is 0.412. The van der Waals surface area contributed by atoms with Gasteiger partial charge in [-0.25, -0.2) is 0 Å². The molecule has 0 atom stereocenters. The van der Waals surface area contributed by atoms with Crippen molar-refractivity contribution in [3.63, 3.8) is 0 Å². The highest BCUT2D eigenvalue weighted by Gasteiger charge is 2.09. The predicted molar refractivity (Wildman–Crippen MR) is 81.9 cm³/mol. The first-order chi connectivity index (χ1) is 9.56. The molecule has 1 N–H and O–H groups in total. The van der Waals surface area contributed by atoms with Crippen LogP contribution in [-0.4, -0.2) is 12.1 Å². The minimum Gasteiger partial charge on any atom is -0.491 e. The van der Waals surface area contributed by atoms with Crippen LogP contribution in [0, 0.1) is 0 Å². The van der Waals surface area contributed by atoms with Crippen molar-refractivity contribution in [1.29, 1.82) is 0 Å². The van der Waals surface area contributed by atoms with E-state index in [-0.39, 0.29) is 6.10 Å². The van der Waals surface area contributed by atoms with Crippen molar-refractivity contribution < 1.29 is 9.15 Å². The molecule has 0 spiro atoms. The Morgan fingerprint density at radius 2 is 1.75 bits per heavy atom. The Morgan fingerprint density at radius 1 is 1.05 bits per heavy atom. The number of nitrogens with one attached hydrogen (secondary N) is 1. The Hall–Kier alpha value is -1.74. The molecular formula is C17H23NO2. The Bertz CT molecular complexity index is 526. The number of benzene rings is 1. The van der Waals surface area contributed by atoms with Gasteiger partial charge in [0, 0.05) is 11.6 Å². The van der Waals surface area contributed by atoms with E-state index >= 15 is 0 Å². The van der Waals surface area contributed by atoms with E-state index in [4.69, 9.17) is 9.15 Å². The van der Waals surface area contributed by atoms with E-state index in [9.17, 15) is 0 Å². The Morgan fingerprint density at radius 3 is 2.35 bits per heavy atom. The van der Waals surface area contributed by atoms with Gasteiger partial charge < -0.3 is 14.5 Å². The normalized spacial score (nSPS) is 11.3. The first-order valence-corrected chi connectivity index (χ1v) is 7.13. The SMILES string of the molecule is CC(C)NCc1occc1-c1ccc(OC(C)C)cc1. The van der Waals surface area contributed by atoms with Crippen LogP contribution in [0.25, 0.3) is 11.1 Å². The second-order valence-corrected chi connectivity index (χ2v) is 5.48. The molecule has 1 heterocycles. The van der Waals surface area contributed by atoms with Crippen LogP contribution in [0.3, 0.4) is 0 Å². The lowest BCUT2D eigenvalue weighted by molar-refractivity contribution is 0.242. The summed E-state index contributed by atoms with van der Waals surface area (Å²) in [6.45, 7) is 9.05. The molecule has 0 aliphatic heterocycles. The molecule has 3 heteroatoms. The fourth-order valence-electron chi connectivity index (χ4n) is 2.02. The highest BCUT2D eigenvalue weighted by molar-refractivity contribution is 5.66. The van der Waals surface area contributed by atoms with E-state index < -0.39 is 0 Å². The van der Waals surface area contributed by atoms with E-state index in [0.29, 0.717) is 6.04 Å². The second-order valence-electron chi connectivity index (χ2n) is 5.48. The molecule has 1 aromatic carbocycles. The molecule has 0 saturated heterocycles. The van der Waals surface area contributed by atoms with Gasteiger partial charge in [-0.05, 0) is 37.6 Å². The molecule has 0 saturated carbocycles. The molecular weight excluding hydrogens is 250 g/mol. The van der Waals surface area contributed by atoms with Gasteiger partial charge >= 0.3 is 0 Å². The van der Waals surface area contributed by atoms with Gasteiger partial charge in [0.1, 0.15) is 11.5 Å². The highest BCUT2D eigenvalue weighted by atomic mass is 16.5. The Labute approximate surface area is 121 Å². The van der Waals surface area contributed by atoms with Crippen LogP contribution in [0.4, 0.5) is 0 Å². The number of rotatable bonds is 6. The Balaban J connectivity index is 2.13. The van der Waals surface area contributed by atoms with E-state index in [1.165, 1.54) is 0 Å². The minimum absolute atomic E-state index is 0.195. The topological polar surface area (TPSA) is 34.4 Å². The molecule has 3 nitrogen and oxygen atoms in total. The van der Waals surface area contributed by atoms with Crippen LogP contribution in [0.15, 0.2) is 41.0 Å². The molecule has 1 aromatic heterocycles. The summed E-state index contributed by atoms with van der Waals surface area (Å²) in [7, 11) is 0. The lowest BCUT2D eigenvalue weighted by Crippen LogP contribution is -2.21. The van der Waals surface area contributed by atoms with Crippen molar-refractivity contribution in [1.82, 2.24) is 5.32 Å². The number of ether oxygens (including phenoxy) is 1. The van der Waals surface area contributed by atoms with Crippen LogP contribution in [0.1, 0.15) is 33.5 Å². The molecule has 0 fully saturated rings. The molecule has 0 aliphatic carbocycles. The summed E-state index contributed by atoms with van der Waals surface area (Å²) in [6, 6.07) is 10.6. The van der Waals surface area contributed by atoms with Crippen molar-refractivity contribution in [2.75, 3.05) is 0 Å². The van der Waals surface area contributed by atoms with Crippen molar-refractivity contribution in [3.8, 4) is 16.9 Å². The Kier molecular flexibility index (Phi) is 4.85. The maximum absolute atomic E-state index is 5.66. The van der Waals surface area contributed by atoms with Gasteiger partial charge in [0.15, 0.2) is 0 Å². The third kappa shape index (κ3) is 3.87. The van der Waals surface area contributed by atoms with Gasteiger partial charge in [-0.3, -0.25) is 0 Å². The van der Waals surface area contributed by atoms with Crippen molar-refractivity contribution in [2.45, 2.75) is 46.4 Å². The lowest BCUT2D eigenvalue weighted by Gasteiger charge is -2.11. The maximum Gasteiger partial charge on any atom is 0.125 e. The van der Waals surface area contributed by atoms with Crippen LogP contribution < -0.4 is 10.1 Å². The highest BCUT2D eigenvalue weighted by Crippen LogP contribution is 2.27. The molecule has 0 amide bonds. The molecule has 2 aromatic rings. The zero-order valence-corrected chi connectivity index (χ0v) is 12.6. The molecule has 0 radical (unpaired) electrons. The molecule has 108 valence electrons. The summed E-state index contributed by atoms with van der Waals surface area (Å²) in [4.78, 5) is 0. The second kappa shape index (κ2) is 6.62. The molecule has 0 aliphatic rings. The summed E-state index contributed by atoms with van der Waals surface area (Å²) in [5.74, 6) is 1.87. The third-order valence-electron chi connectivity index (χ3n) is 2.95. The molecule has 0 bridgehead atoms. The van der Waals surface area contributed by atoms with Gasteiger partial charge in [-0.1, -0.05) is 26.0 Å². The van der Waals surface area contributed by atoms with Gasteiger partial charge in [0.05, 0.1) is 18.9 Å². The summed E-state index contributed by atoms with van der Waals surface area (Å²) in [5, 5.41) is 3.38. The van der Waals surface area contributed by atoms with E-state index in [2.05, 4.69) is 31.3 Å². The van der Waals surface area contributed by atoms with Gasteiger partial charge in [-0.15, -0.1) is 0 Å². The van der Waals surface area contributed by atoms with Crippen molar-refractivity contribution >= 4 is 0 Å². The third-order valence-corrected chi connectivity index (χ3v) is 2.95. The average Bonchev–Trinajstić information content (AvgIpc) is 2.85. The first kappa shape index (κ1) is 14.7. The van der Waals surface area contributed by atoms with E-state index in [1.807, 2.05) is 32.0 Å². The zero-order chi connectivity index (χ0) is 14.5. The zero-order valence-electron chi connectivity index (χ0n) is 12.6. The number of furan rings is 1. The number of hydrogen-bond donors (Lipinski definition) is 1. The summed E-state index contributed by atoms with van der Waals surface area (Å²) >= 11 is 0. The standard InChI is InChI=1S/C17H23NO2/c1-12(2)18-11-17-16(9-10-19-17)14-5-7-15(8-6-14)20-13(3)4/h5-10,12-13,18H,11H2,1-4H3. The predicted octanol–water partition coefficient (Wildman–Crippen LogP) is 4.23. The van der Waals surface area contributed by atoms with Crippen molar-refractivity contribution in [2.24, 2.45) is 0 Å². The van der Waals surface area contributed by atoms with Gasteiger partial charge in [0.2, 0.25) is 0 Å². The molecule has 0 unspecified atom stereocenters. The van der Waals surface area contributed by atoms with Gasteiger partial charge in [-0.2, -0.15) is 0 Å². The van der Waals surface area contributed by atoms with Crippen LogP contribution in [-0.2, 0) is 6.54 Å². The van der Waals surface area contributed by atoms with Crippen LogP contribution in [0.5, 0.6) is 5.75 Å². The number of hydrogen-bond acceptors (Lipinski definition) is 3.